The Labute approximate surface area is 101 Å². The first kappa shape index (κ1) is 10.7. The van der Waals surface area contributed by atoms with Crippen LogP contribution in [-0.2, 0) is 0 Å². The van der Waals surface area contributed by atoms with Crippen LogP contribution in [0.2, 0.25) is 0 Å². The molecule has 0 bridgehead atoms. The van der Waals surface area contributed by atoms with Crippen molar-refractivity contribution in [3.63, 3.8) is 0 Å². The molecule has 2 heterocycles. The molecule has 2 aromatic rings. The van der Waals surface area contributed by atoms with Crippen LogP contribution in [0.5, 0.6) is 0 Å². The maximum atomic E-state index is 5.87. The summed E-state index contributed by atoms with van der Waals surface area (Å²) in [6.07, 6.45) is 7.08. The monoisotopic (exact) mass is 230 g/mol. The molecule has 1 atom stereocenters. The quantitative estimate of drug-likeness (QED) is 0.862. The second kappa shape index (κ2) is 4.11. The predicted octanol–water partition coefficient (Wildman–Crippen LogP) is 2.41. The third-order valence-corrected chi connectivity index (χ3v) is 3.62. The molecule has 1 aliphatic rings. The fraction of sp³-hybridized carbons (Fsp3) is 0.538. The summed E-state index contributed by atoms with van der Waals surface area (Å²) in [4.78, 5) is 4.61. The lowest BCUT2D eigenvalue weighted by Gasteiger charge is -2.04. The summed E-state index contributed by atoms with van der Waals surface area (Å²) in [6, 6.07) is 4.08. The molecule has 3 rings (SSSR count). The van der Waals surface area contributed by atoms with Gasteiger partial charge in [0.05, 0.1) is 0 Å². The first-order chi connectivity index (χ1) is 8.24. The van der Waals surface area contributed by atoms with Crippen molar-refractivity contribution in [3.05, 3.63) is 29.7 Å². The van der Waals surface area contributed by atoms with Crippen LogP contribution in [0.15, 0.2) is 18.3 Å². The van der Waals surface area contributed by atoms with E-state index >= 15 is 0 Å². The number of nitrogens with two attached hydrogens (primary N) is 1. The summed E-state index contributed by atoms with van der Waals surface area (Å²) in [5.74, 6) is 1.57. The van der Waals surface area contributed by atoms with Crippen LogP contribution < -0.4 is 5.73 Å². The topological polar surface area (TPSA) is 56.2 Å². The van der Waals surface area contributed by atoms with Crippen LogP contribution in [0, 0.1) is 0 Å². The predicted molar refractivity (Wildman–Crippen MR) is 66.8 cm³/mol. The second-order valence-electron chi connectivity index (χ2n) is 5.01. The van der Waals surface area contributed by atoms with Crippen molar-refractivity contribution < 1.29 is 0 Å². The Morgan fingerprint density at radius 2 is 2.12 bits per heavy atom. The van der Waals surface area contributed by atoms with Gasteiger partial charge in [-0.25, -0.2) is 9.50 Å². The first-order valence-electron chi connectivity index (χ1n) is 6.36. The Balaban J connectivity index is 2.00. The lowest BCUT2D eigenvalue weighted by atomic mass is 10.1. The zero-order valence-corrected chi connectivity index (χ0v) is 10.1. The highest BCUT2D eigenvalue weighted by atomic mass is 15.3. The smallest absolute Gasteiger partial charge is 0.155 e. The zero-order chi connectivity index (χ0) is 11.8. The molecular weight excluding hydrogens is 212 g/mol. The van der Waals surface area contributed by atoms with Gasteiger partial charge >= 0.3 is 0 Å². The molecule has 1 unspecified atom stereocenters. The van der Waals surface area contributed by atoms with Crippen molar-refractivity contribution >= 4 is 5.65 Å². The molecule has 2 N–H and O–H groups in total. The SMILES string of the molecule is CC(N)c1ccc2nc(C3CCCC3)nn2c1. The minimum Gasteiger partial charge on any atom is -0.324 e. The molecule has 0 aliphatic heterocycles. The zero-order valence-electron chi connectivity index (χ0n) is 10.1. The summed E-state index contributed by atoms with van der Waals surface area (Å²) < 4.78 is 1.87. The largest absolute Gasteiger partial charge is 0.324 e. The Morgan fingerprint density at radius 1 is 1.35 bits per heavy atom. The second-order valence-corrected chi connectivity index (χ2v) is 5.01. The molecule has 90 valence electrons. The molecule has 0 spiro atoms. The van der Waals surface area contributed by atoms with Crippen LogP contribution in [0.1, 0.15) is 56.0 Å². The summed E-state index contributed by atoms with van der Waals surface area (Å²) in [7, 11) is 0. The normalized spacial score (nSPS) is 18.9. The van der Waals surface area contributed by atoms with E-state index in [1.165, 1.54) is 25.7 Å². The van der Waals surface area contributed by atoms with Gasteiger partial charge in [-0.1, -0.05) is 18.9 Å². The third-order valence-electron chi connectivity index (χ3n) is 3.62. The van der Waals surface area contributed by atoms with Crippen molar-refractivity contribution in [2.45, 2.75) is 44.6 Å². The molecule has 0 aromatic carbocycles. The summed E-state index contributed by atoms with van der Waals surface area (Å²) in [6.45, 7) is 1.98. The van der Waals surface area contributed by atoms with Crippen molar-refractivity contribution in [2.24, 2.45) is 5.73 Å². The maximum Gasteiger partial charge on any atom is 0.155 e. The highest BCUT2D eigenvalue weighted by Gasteiger charge is 2.21. The van der Waals surface area contributed by atoms with E-state index in [1.54, 1.807) is 0 Å². The highest BCUT2D eigenvalue weighted by Crippen LogP contribution is 2.32. The van der Waals surface area contributed by atoms with Gasteiger partial charge in [-0.3, -0.25) is 0 Å². The molecule has 0 amide bonds. The Hall–Kier alpha value is -1.42. The van der Waals surface area contributed by atoms with Crippen LogP contribution >= 0.6 is 0 Å². The lowest BCUT2D eigenvalue weighted by molar-refractivity contribution is 0.664. The summed E-state index contributed by atoms with van der Waals surface area (Å²) in [5, 5.41) is 4.59. The summed E-state index contributed by atoms with van der Waals surface area (Å²) in [5.41, 5.74) is 7.90. The maximum absolute atomic E-state index is 5.87. The van der Waals surface area contributed by atoms with Gasteiger partial charge in [0.2, 0.25) is 0 Å². The molecule has 4 nitrogen and oxygen atoms in total. The van der Waals surface area contributed by atoms with Crippen LogP contribution in [-0.4, -0.2) is 14.6 Å². The van der Waals surface area contributed by atoms with Crippen molar-refractivity contribution in [2.75, 3.05) is 0 Å². The molecule has 1 fully saturated rings. The number of rotatable bonds is 2. The van der Waals surface area contributed by atoms with E-state index in [0.29, 0.717) is 5.92 Å². The van der Waals surface area contributed by atoms with Gasteiger partial charge in [0.1, 0.15) is 0 Å². The number of hydrogen-bond acceptors (Lipinski definition) is 3. The molecule has 1 aliphatic carbocycles. The minimum atomic E-state index is 0.0403. The van der Waals surface area contributed by atoms with Crippen LogP contribution in [0.4, 0.5) is 0 Å². The molecule has 2 aromatic heterocycles. The number of hydrogen-bond donors (Lipinski definition) is 1. The highest BCUT2D eigenvalue weighted by molar-refractivity contribution is 5.39. The number of fused-ring (bicyclic) bond motifs is 1. The van der Waals surface area contributed by atoms with E-state index in [-0.39, 0.29) is 6.04 Å². The van der Waals surface area contributed by atoms with Gasteiger partial charge < -0.3 is 5.73 Å². The fourth-order valence-electron chi connectivity index (χ4n) is 2.54. The van der Waals surface area contributed by atoms with Crippen molar-refractivity contribution in [1.29, 1.82) is 0 Å². The van der Waals surface area contributed by atoms with E-state index in [9.17, 15) is 0 Å². The van der Waals surface area contributed by atoms with E-state index in [2.05, 4.69) is 10.1 Å². The van der Waals surface area contributed by atoms with Gasteiger partial charge in [-0.15, -0.1) is 0 Å². The number of aromatic nitrogens is 3. The van der Waals surface area contributed by atoms with E-state index < -0.39 is 0 Å². The lowest BCUT2D eigenvalue weighted by Crippen LogP contribution is -2.06. The minimum absolute atomic E-state index is 0.0403. The number of nitrogens with zero attached hydrogens (tertiary/aromatic N) is 3. The molecule has 1 saturated carbocycles. The summed E-state index contributed by atoms with van der Waals surface area (Å²) >= 11 is 0. The molecule has 4 heteroatoms. The van der Waals surface area contributed by atoms with Gasteiger partial charge in [0.25, 0.3) is 0 Å². The Morgan fingerprint density at radius 3 is 2.82 bits per heavy atom. The van der Waals surface area contributed by atoms with Gasteiger partial charge in [0.15, 0.2) is 11.5 Å². The number of pyridine rings is 1. The fourth-order valence-corrected chi connectivity index (χ4v) is 2.54. The molecule has 0 saturated heterocycles. The van der Waals surface area contributed by atoms with Crippen molar-refractivity contribution in [3.8, 4) is 0 Å². The van der Waals surface area contributed by atoms with E-state index in [0.717, 1.165) is 17.0 Å². The van der Waals surface area contributed by atoms with Crippen LogP contribution in [0.25, 0.3) is 5.65 Å². The van der Waals surface area contributed by atoms with E-state index in [1.807, 2.05) is 29.8 Å². The molecular formula is C13H18N4. The Bertz CT molecular complexity index is 523. The van der Waals surface area contributed by atoms with E-state index in [4.69, 9.17) is 5.73 Å². The average molecular weight is 230 g/mol. The van der Waals surface area contributed by atoms with Gasteiger partial charge in [0, 0.05) is 18.2 Å². The Kier molecular flexibility index (Phi) is 2.59. The molecule has 17 heavy (non-hydrogen) atoms. The standard InChI is InChI=1S/C13H18N4/c1-9(14)11-6-7-12-15-13(16-17(12)8-11)10-4-2-3-5-10/h6-10H,2-5,14H2,1H3. The third kappa shape index (κ3) is 1.93. The van der Waals surface area contributed by atoms with Crippen molar-refractivity contribution in [1.82, 2.24) is 14.6 Å². The van der Waals surface area contributed by atoms with Gasteiger partial charge in [-0.2, -0.15) is 5.10 Å². The first-order valence-corrected chi connectivity index (χ1v) is 6.36. The average Bonchev–Trinajstić information content (AvgIpc) is 2.96. The van der Waals surface area contributed by atoms with Gasteiger partial charge in [-0.05, 0) is 31.4 Å². The van der Waals surface area contributed by atoms with Crippen LogP contribution in [0.3, 0.4) is 0 Å². The molecule has 0 radical (unpaired) electrons.